The number of hydrogen-bond donors (Lipinski definition) is 3. The highest BCUT2D eigenvalue weighted by molar-refractivity contribution is 14.0. The highest BCUT2D eigenvalue weighted by Crippen LogP contribution is 2.17. The molecule has 8 heteroatoms. The van der Waals surface area contributed by atoms with Gasteiger partial charge in [-0.3, -0.25) is 9.79 Å². The van der Waals surface area contributed by atoms with Gasteiger partial charge in [-0.15, -0.1) is 35.3 Å². The third-order valence-electron chi connectivity index (χ3n) is 3.81. The molecule has 6 nitrogen and oxygen atoms in total. The molecule has 0 saturated heterocycles. The number of halogens is 1. The molecule has 0 spiro atoms. The van der Waals surface area contributed by atoms with Crippen molar-refractivity contribution in [2.24, 2.45) is 4.99 Å². The maximum absolute atomic E-state index is 11.8. The fourth-order valence-corrected chi connectivity index (χ4v) is 3.17. The van der Waals surface area contributed by atoms with E-state index in [-0.39, 0.29) is 29.9 Å². The average Bonchev–Trinajstić information content (AvgIpc) is 3.12. The summed E-state index contributed by atoms with van der Waals surface area (Å²) in [6, 6.07) is 7.56. The average molecular weight is 501 g/mol. The van der Waals surface area contributed by atoms with Gasteiger partial charge in [-0.05, 0) is 30.5 Å². The first kappa shape index (κ1) is 23.4. The molecule has 1 aromatic carbocycles. The molecule has 148 valence electrons. The summed E-state index contributed by atoms with van der Waals surface area (Å²) in [5.41, 5.74) is 2.88. The lowest BCUT2D eigenvalue weighted by molar-refractivity contribution is 0.0956. The molecule has 2 rings (SSSR count). The van der Waals surface area contributed by atoms with Crippen LogP contribution >= 0.6 is 35.3 Å². The Morgan fingerprint density at radius 3 is 2.37 bits per heavy atom. The van der Waals surface area contributed by atoms with Gasteiger partial charge in [-0.25, -0.2) is 4.98 Å². The molecule has 0 fully saturated rings. The minimum atomic E-state index is -0.0475. The number of aromatic nitrogens is 1. The van der Waals surface area contributed by atoms with Crippen LogP contribution in [0.1, 0.15) is 53.3 Å². The van der Waals surface area contributed by atoms with Crippen LogP contribution in [0.15, 0.2) is 34.6 Å². The SMILES string of the molecule is CCNC(=O)c1ccc(CNC(=NC)NCc2nc(C(C)C)cs2)cc1.I. The number of hydrogen-bond acceptors (Lipinski definition) is 4. The summed E-state index contributed by atoms with van der Waals surface area (Å²) in [6.45, 7) is 8.09. The Labute approximate surface area is 182 Å². The summed E-state index contributed by atoms with van der Waals surface area (Å²) in [7, 11) is 1.74. The van der Waals surface area contributed by atoms with E-state index in [0.29, 0.717) is 31.1 Å². The number of carbonyl (C=O) groups excluding carboxylic acids is 1. The third-order valence-corrected chi connectivity index (χ3v) is 4.67. The number of amides is 1. The van der Waals surface area contributed by atoms with Crippen LogP contribution in [0.3, 0.4) is 0 Å². The van der Waals surface area contributed by atoms with Crippen molar-refractivity contribution < 1.29 is 4.79 Å². The van der Waals surface area contributed by atoms with E-state index in [0.717, 1.165) is 22.2 Å². The van der Waals surface area contributed by atoms with Gasteiger partial charge in [0, 0.05) is 31.1 Å². The number of nitrogens with zero attached hydrogens (tertiary/aromatic N) is 2. The van der Waals surface area contributed by atoms with Crippen molar-refractivity contribution in [2.45, 2.75) is 39.8 Å². The lowest BCUT2D eigenvalue weighted by Gasteiger charge is -2.11. The standard InChI is InChI=1S/C19H27N5OS.HI/c1-5-21-18(25)15-8-6-14(7-9-15)10-22-19(20-4)23-11-17-24-16(12-26-17)13(2)3;/h6-9,12-13H,5,10-11H2,1-4H3,(H,21,25)(H2,20,22,23);1H. The minimum Gasteiger partial charge on any atom is -0.352 e. The summed E-state index contributed by atoms with van der Waals surface area (Å²) < 4.78 is 0. The van der Waals surface area contributed by atoms with Crippen LogP contribution < -0.4 is 16.0 Å². The van der Waals surface area contributed by atoms with E-state index < -0.39 is 0 Å². The Balaban J connectivity index is 0.00000364. The van der Waals surface area contributed by atoms with Gasteiger partial charge in [0.05, 0.1) is 12.2 Å². The Morgan fingerprint density at radius 1 is 1.15 bits per heavy atom. The molecule has 0 radical (unpaired) electrons. The molecule has 1 heterocycles. The zero-order valence-corrected chi connectivity index (χ0v) is 19.4. The Bertz CT molecular complexity index is 743. The van der Waals surface area contributed by atoms with Crippen molar-refractivity contribution in [2.75, 3.05) is 13.6 Å². The molecular formula is C19H28IN5OS. The van der Waals surface area contributed by atoms with Gasteiger partial charge in [0.15, 0.2) is 5.96 Å². The van der Waals surface area contributed by atoms with E-state index in [1.165, 1.54) is 0 Å². The van der Waals surface area contributed by atoms with Gasteiger partial charge in [0.1, 0.15) is 5.01 Å². The number of thiazole rings is 1. The van der Waals surface area contributed by atoms with E-state index in [9.17, 15) is 4.79 Å². The van der Waals surface area contributed by atoms with Crippen LogP contribution in [0.2, 0.25) is 0 Å². The normalized spacial score (nSPS) is 11.1. The monoisotopic (exact) mass is 501 g/mol. The van der Waals surface area contributed by atoms with Crippen molar-refractivity contribution in [3.63, 3.8) is 0 Å². The molecule has 2 aromatic rings. The number of carbonyl (C=O) groups is 1. The number of benzene rings is 1. The highest BCUT2D eigenvalue weighted by Gasteiger charge is 2.07. The molecule has 27 heavy (non-hydrogen) atoms. The zero-order chi connectivity index (χ0) is 18.9. The number of rotatable bonds is 7. The highest BCUT2D eigenvalue weighted by atomic mass is 127. The first-order valence-corrected chi connectivity index (χ1v) is 9.67. The largest absolute Gasteiger partial charge is 0.352 e. The predicted octanol–water partition coefficient (Wildman–Crippen LogP) is 3.50. The number of guanidine groups is 1. The van der Waals surface area contributed by atoms with Gasteiger partial charge in [0.2, 0.25) is 0 Å². The van der Waals surface area contributed by atoms with Crippen LogP contribution in [0.4, 0.5) is 0 Å². The van der Waals surface area contributed by atoms with Gasteiger partial charge in [-0.1, -0.05) is 26.0 Å². The van der Waals surface area contributed by atoms with E-state index in [1.54, 1.807) is 18.4 Å². The number of aliphatic imine (C=N–C) groups is 1. The molecule has 0 atom stereocenters. The van der Waals surface area contributed by atoms with E-state index >= 15 is 0 Å². The van der Waals surface area contributed by atoms with Crippen molar-refractivity contribution in [3.8, 4) is 0 Å². The topological polar surface area (TPSA) is 78.4 Å². The van der Waals surface area contributed by atoms with Gasteiger partial charge in [-0.2, -0.15) is 0 Å². The summed E-state index contributed by atoms with van der Waals surface area (Å²) in [4.78, 5) is 20.6. The van der Waals surface area contributed by atoms with E-state index in [4.69, 9.17) is 0 Å². The van der Waals surface area contributed by atoms with E-state index in [2.05, 4.69) is 45.2 Å². The Morgan fingerprint density at radius 2 is 1.81 bits per heavy atom. The predicted molar refractivity (Wildman–Crippen MR) is 123 cm³/mol. The molecule has 0 saturated carbocycles. The first-order chi connectivity index (χ1) is 12.5. The second kappa shape index (κ2) is 11.9. The fourth-order valence-electron chi connectivity index (χ4n) is 2.27. The molecule has 0 bridgehead atoms. The fraction of sp³-hybridized carbons (Fsp3) is 0.421. The molecule has 0 aliphatic rings. The van der Waals surface area contributed by atoms with Crippen molar-refractivity contribution >= 4 is 47.2 Å². The molecular weight excluding hydrogens is 473 g/mol. The van der Waals surface area contributed by atoms with Crippen molar-refractivity contribution in [1.82, 2.24) is 20.9 Å². The molecule has 0 unspecified atom stereocenters. The Hall–Kier alpha value is -1.68. The lowest BCUT2D eigenvalue weighted by atomic mass is 10.1. The summed E-state index contributed by atoms with van der Waals surface area (Å²) in [5.74, 6) is 1.12. The van der Waals surface area contributed by atoms with Crippen molar-refractivity contribution in [1.29, 1.82) is 0 Å². The van der Waals surface area contributed by atoms with Crippen LogP contribution in [0.25, 0.3) is 0 Å². The first-order valence-electron chi connectivity index (χ1n) is 8.79. The summed E-state index contributed by atoms with van der Waals surface area (Å²) in [6.07, 6.45) is 0. The van der Waals surface area contributed by atoms with Gasteiger partial charge in [0.25, 0.3) is 5.91 Å². The van der Waals surface area contributed by atoms with Gasteiger partial charge >= 0.3 is 0 Å². The molecule has 0 aliphatic carbocycles. The molecule has 3 N–H and O–H groups in total. The maximum Gasteiger partial charge on any atom is 0.251 e. The quantitative estimate of drug-likeness (QED) is 0.309. The molecule has 0 aliphatic heterocycles. The third kappa shape index (κ3) is 7.45. The van der Waals surface area contributed by atoms with Crippen molar-refractivity contribution in [3.05, 3.63) is 51.5 Å². The molecule has 1 amide bonds. The maximum atomic E-state index is 11.8. The second-order valence-corrected chi connectivity index (χ2v) is 7.10. The zero-order valence-electron chi connectivity index (χ0n) is 16.2. The van der Waals surface area contributed by atoms with E-state index in [1.807, 2.05) is 31.2 Å². The smallest absolute Gasteiger partial charge is 0.251 e. The van der Waals surface area contributed by atoms with Crippen LogP contribution in [0, 0.1) is 0 Å². The minimum absolute atomic E-state index is 0. The van der Waals surface area contributed by atoms with Crippen LogP contribution in [-0.2, 0) is 13.1 Å². The van der Waals surface area contributed by atoms with Crippen LogP contribution in [-0.4, -0.2) is 30.4 Å². The Kier molecular flexibility index (Phi) is 10.3. The summed E-state index contributed by atoms with van der Waals surface area (Å²) >= 11 is 1.66. The summed E-state index contributed by atoms with van der Waals surface area (Å²) in [5, 5.41) is 12.5. The van der Waals surface area contributed by atoms with Gasteiger partial charge < -0.3 is 16.0 Å². The lowest BCUT2D eigenvalue weighted by Crippen LogP contribution is -2.36. The molecule has 1 aromatic heterocycles. The van der Waals surface area contributed by atoms with Crippen LogP contribution in [0.5, 0.6) is 0 Å². The second-order valence-electron chi connectivity index (χ2n) is 6.16. The number of nitrogens with one attached hydrogen (secondary N) is 3.